The highest BCUT2D eigenvalue weighted by atomic mass is 32.2. The SMILES string of the molecule is CC(=O)c1cccc(C2CC(=O)c3cc(S(=O)(=O)Nc4ccc5c(c4)COC5)ccc3N2)c1. The van der Waals surface area contributed by atoms with Crippen LogP contribution >= 0.6 is 0 Å². The van der Waals surface area contributed by atoms with E-state index < -0.39 is 10.0 Å². The van der Waals surface area contributed by atoms with E-state index in [4.69, 9.17) is 4.74 Å². The van der Waals surface area contributed by atoms with E-state index in [0.717, 1.165) is 16.7 Å². The molecular formula is C25H22N2O5S. The molecule has 0 spiro atoms. The first-order chi connectivity index (χ1) is 15.8. The zero-order valence-electron chi connectivity index (χ0n) is 17.9. The van der Waals surface area contributed by atoms with E-state index in [1.54, 1.807) is 36.4 Å². The maximum Gasteiger partial charge on any atom is 0.261 e. The summed E-state index contributed by atoms with van der Waals surface area (Å²) < 4.78 is 33.9. The number of hydrogen-bond donors (Lipinski definition) is 2. The Labute approximate surface area is 191 Å². The normalized spacial score (nSPS) is 17.1. The Hall–Kier alpha value is -3.49. The van der Waals surface area contributed by atoms with Gasteiger partial charge in [-0.05, 0) is 60.0 Å². The van der Waals surface area contributed by atoms with Crippen molar-refractivity contribution in [3.8, 4) is 0 Å². The summed E-state index contributed by atoms with van der Waals surface area (Å²) in [4.78, 5) is 24.6. The van der Waals surface area contributed by atoms with Crippen molar-refractivity contribution < 1.29 is 22.7 Å². The maximum atomic E-state index is 13.0. The molecule has 2 N–H and O–H groups in total. The fraction of sp³-hybridized carbons (Fsp3) is 0.200. The Morgan fingerprint density at radius 3 is 2.67 bits per heavy atom. The molecule has 8 heteroatoms. The number of ether oxygens (including phenoxy) is 1. The fourth-order valence-corrected chi connectivity index (χ4v) is 5.28. The molecule has 0 radical (unpaired) electrons. The number of nitrogens with one attached hydrogen (secondary N) is 2. The van der Waals surface area contributed by atoms with Crippen molar-refractivity contribution in [1.82, 2.24) is 0 Å². The molecule has 3 aromatic rings. The van der Waals surface area contributed by atoms with E-state index in [-0.39, 0.29) is 28.9 Å². The number of Topliss-reactive ketones (excluding diaryl/α,β-unsaturated/α-hetero) is 2. The number of sulfonamides is 1. The molecule has 0 amide bonds. The van der Waals surface area contributed by atoms with Gasteiger partial charge in [0.25, 0.3) is 10.0 Å². The lowest BCUT2D eigenvalue weighted by atomic mass is 9.91. The molecule has 0 saturated carbocycles. The molecule has 2 aliphatic heterocycles. The van der Waals surface area contributed by atoms with Crippen LogP contribution in [0.25, 0.3) is 0 Å². The van der Waals surface area contributed by atoms with Gasteiger partial charge in [-0.25, -0.2) is 8.42 Å². The van der Waals surface area contributed by atoms with Crippen LogP contribution in [0.2, 0.25) is 0 Å². The molecule has 0 aliphatic carbocycles. The van der Waals surface area contributed by atoms with Gasteiger partial charge < -0.3 is 10.1 Å². The van der Waals surface area contributed by atoms with Crippen LogP contribution in [0.1, 0.15) is 56.8 Å². The minimum absolute atomic E-state index is 0.0187. The van der Waals surface area contributed by atoms with E-state index in [2.05, 4.69) is 10.0 Å². The zero-order chi connectivity index (χ0) is 23.2. The van der Waals surface area contributed by atoms with Gasteiger partial charge in [0.1, 0.15) is 0 Å². The summed E-state index contributed by atoms with van der Waals surface area (Å²) >= 11 is 0. The highest BCUT2D eigenvalue weighted by Gasteiger charge is 2.28. The van der Waals surface area contributed by atoms with E-state index >= 15 is 0 Å². The third-order valence-electron chi connectivity index (χ3n) is 5.99. The van der Waals surface area contributed by atoms with E-state index in [0.29, 0.717) is 35.7 Å². The van der Waals surface area contributed by atoms with Crippen LogP contribution in [-0.4, -0.2) is 20.0 Å². The third kappa shape index (κ3) is 4.15. The van der Waals surface area contributed by atoms with Crippen LogP contribution in [0, 0.1) is 0 Å². The number of carbonyl (C=O) groups excluding carboxylic acids is 2. The molecule has 1 unspecified atom stereocenters. The quantitative estimate of drug-likeness (QED) is 0.543. The molecule has 7 nitrogen and oxygen atoms in total. The second-order valence-corrected chi connectivity index (χ2v) is 9.98. The number of hydrogen-bond acceptors (Lipinski definition) is 6. The molecule has 2 heterocycles. The molecule has 0 aromatic heterocycles. The van der Waals surface area contributed by atoms with Crippen molar-refractivity contribution in [3.05, 3.63) is 88.5 Å². The van der Waals surface area contributed by atoms with Crippen LogP contribution < -0.4 is 10.0 Å². The first kappa shape index (κ1) is 21.4. The summed E-state index contributed by atoms with van der Waals surface area (Å²) in [5.74, 6) is -0.202. The number of rotatable bonds is 5. The van der Waals surface area contributed by atoms with Crippen molar-refractivity contribution in [2.45, 2.75) is 37.5 Å². The van der Waals surface area contributed by atoms with Gasteiger partial charge in [-0.2, -0.15) is 0 Å². The summed E-state index contributed by atoms with van der Waals surface area (Å²) in [6, 6.07) is 16.7. The van der Waals surface area contributed by atoms with Gasteiger partial charge in [0.2, 0.25) is 0 Å². The average Bonchev–Trinajstić information content (AvgIpc) is 3.26. The molecule has 5 rings (SSSR count). The summed E-state index contributed by atoms with van der Waals surface area (Å²) in [6.07, 6.45) is 0.163. The second-order valence-electron chi connectivity index (χ2n) is 8.30. The van der Waals surface area contributed by atoms with Crippen LogP contribution in [0.3, 0.4) is 0 Å². The van der Waals surface area contributed by atoms with Gasteiger partial charge in [-0.3, -0.25) is 14.3 Å². The smallest absolute Gasteiger partial charge is 0.261 e. The lowest BCUT2D eigenvalue weighted by Gasteiger charge is -2.27. The van der Waals surface area contributed by atoms with Gasteiger partial charge in [0, 0.05) is 28.9 Å². The maximum absolute atomic E-state index is 13.0. The Bertz CT molecular complexity index is 1400. The standard InChI is InChI=1S/C25H22N2O5S/c1-15(28)16-3-2-4-17(9-16)24-12-25(29)22-11-21(7-8-23(22)26-24)33(30,31)27-20-6-5-18-13-32-14-19(18)10-20/h2-11,24,26-27H,12-14H2,1H3. The Morgan fingerprint density at radius 2 is 1.85 bits per heavy atom. The van der Waals surface area contributed by atoms with Gasteiger partial charge in [-0.1, -0.05) is 24.3 Å². The first-order valence-electron chi connectivity index (χ1n) is 10.6. The molecule has 3 aromatic carbocycles. The van der Waals surface area contributed by atoms with E-state index in [1.807, 2.05) is 12.1 Å². The fourth-order valence-electron chi connectivity index (χ4n) is 4.21. The largest absolute Gasteiger partial charge is 0.377 e. The second kappa shape index (κ2) is 8.13. The van der Waals surface area contributed by atoms with Crippen molar-refractivity contribution in [1.29, 1.82) is 0 Å². The van der Waals surface area contributed by atoms with Crippen LogP contribution in [-0.2, 0) is 28.0 Å². The van der Waals surface area contributed by atoms with Crippen molar-refractivity contribution in [3.63, 3.8) is 0 Å². The lowest BCUT2D eigenvalue weighted by Crippen LogP contribution is -2.24. The van der Waals surface area contributed by atoms with Gasteiger partial charge in [-0.15, -0.1) is 0 Å². The van der Waals surface area contributed by atoms with Crippen LogP contribution in [0.15, 0.2) is 65.6 Å². The summed E-state index contributed by atoms with van der Waals surface area (Å²) in [6.45, 7) is 2.49. The summed E-state index contributed by atoms with van der Waals surface area (Å²) in [5.41, 5.74) is 4.77. The van der Waals surface area contributed by atoms with Crippen molar-refractivity contribution >= 4 is 33.0 Å². The van der Waals surface area contributed by atoms with Crippen LogP contribution in [0.5, 0.6) is 0 Å². The molecule has 0 fully saturated rings. The topological polar surface area (TPSA) is 102 Å². The van der Waals surface area contributed by atoms with E-state index in [9.17, 15) is 18.0 Å². The van der Waals surface area contributed by atoms with Crippen molar-refractivity contribution in [2.24, 2.45) is 0 Å². The third-order valence-corrected chi connectivity index (χ3v) is 7.37. The Balaban J connectivity index is 1.40. The van der Waals surface area contributed by atoms with Crippen molar-refractivity contribution in [2.75, 3.05) is 10.0 Å². The molecular weight excluding hydrogens is 440 g/mol. The predicted molar refractivity (Wildman–Crippen MR) is 124 cm³/mol. The molecule has 0 saturated heterocycles. The number of anilines is 2. The zero-order valence-corrected chi connectivity index (χ0v) is 18.7. The summed E-state index contributed by atoms with van der Waals surface area (Å²) in [7, 11) is -3.88. The van der Waals surface area contributed by atoms with Crippen LogP contribution in [0.4, 0.5) is 11.4 Å². The number of fused-ring (bicyclic) bond motifs is 2. The minimum Gasteiger partial charge on any atom is -0.377 e. The van der Waals surface area contributed by atoms with Gasteiger partial charge in [0.05, 0.1) is 24.2 Å². The Morgan fingerprint density at radius 1 is 1.03 bits per heavy atom. The molecule has 33 heavy (non-hydrogen) atoms. The molecule has 2 aliphatic rings. The molecule has 0 bridgehead atoms. The monoisotopic (exact) mass is 462 g/mol. The highest BCUT2D eigenvalue weighted by molar-refractivity contribution is 7.92. The van der Waals surface area contributed by atoms with Gasteiger partial charge >= 0.3 is 0 Å². The molecule has 168 valence electrons. The van der Waals surface area contributed by atoms with E-state index in [1.165, 1.54) is 19.1 Å². The number of benzene rings is 3. The van der Waals surface area contributed by atoms with Gasteiger partial charge in [0.15, 0.2) is 11.6 Å². The predicted octanol–water partition coefficient (Wildman–Crippen LogP) is 4.46. The lowest BCUT2D eigenvalue weighted by molar-refractivity contribution is 0.0971. The average molecular weight is 463 g/mol. The summed E-state index contributed by atoms with van der Waals surface area (Å²) in [5, 5.41) is 3.31. The number of ketones is 2. The Kier molecular flexibility index (Phi) is 5.26. The first-order valence-corrected chi connectivity index (χ1v) is 12.1. The molecule has 1 atom stereocenters. The highest BCUT2D eigenvalue weighted by Crippen LogP contribution is 2.34. The number of carbonyl (C=O) groups is 2. The minimum atomic E-state index is -3.88.